The van der Waals surface area contributed by atoms with E-state index in [4.69, 9.17) is 15.2 Å². The number of methoxy groups -OCH3 is 1. The summed E-state index contributed by atoms with van der Waals surface area (Å²) in [5, 5.41) is 0. The Kier molecular flexibility index (Phi) is 7.52. The van der Waals surface area contributed by atoms with Crippen LogP contribution in [0.1, 0.15) is 64.6 Å². The van der Waals surface area contributed by atoms with Crippen LogP contribution in [0.4, 0.5) is 5.69 Å². The maximum absolute atomic E-state index is 13.4. The number of hydrogen-bond acceptors (Lipinski definition) is 7. The maximum Gasteiger partial charge on any atom is 0.264 e. The lowest BCUT2D eigenvalue weighted by atomic mass is 10.0. The van der Waals surface area contributed by atoms with Crippen LogP contribution in [0.15, 0.2) is 30.3 Å². The fourth-order valence-corrected chi connectivity index (χ4v) is 4.75. The molecule has 1 aliphatic heterocycles. The molecule has 2 aromatic carbocycles. The Morgan fingerprint density at radius 1 is 1.09 bits per heavy atom. The van der Waals surface area contributed by atoms with Crippen molar-refractivity contribution < 1.29 is 27.5 Å². The Morgan fingerprint density at radius 2 is 1.82 bits per heavy atom. The quantitative estimate of drug-likeness (QED) is 0.347. The molecule has 0 fully saturated rings. The molecule has 180 valence electrons. The Hall–Kier alpha value is -3.51. The highest BCUT2D eigenvalue weighted by atomic mass is 32.2. The number of sulfone groups is 1. The van der Waals surface area contributed by atoms with Crippen molar-refractivity contribution in [3.8, 4) is 23.3 Å². The average molecular weight is 485 g/mol. The van der Waals surface area contributed by atoms with Crippen molar-refractivity contribution in [2.45, 2.75) is 32.7 Å². The van der Waals surface area contributed by atoms with Gasteiger partial charge in [-0.1, -0.05) is 24.8 Å². The van der Waals surface area contributed by atoms with Crippen molar-refractivity contribution in [2.24, 2.45) is 0 Å². The number of ether oxygens (including phenoxy) is 2. The number of carbonyl (C=O) groups is 2. The van der Waals surface area contributed by atoms with Crippen molar-refractivity contribution in [1.82, 2.24) is 4.90 Å². The second-order valence-electron chi connectivity index (χ2n) is 7.97. The van der Waals surface area contributed by atoms with Crippen LogP contribution in [-0.2, 0) is 9.84 Å². The van der Waals surface area contributed by atoms with Crippen LogP contribution >= 0.6 is 0 Å². The maximum atomic E-state index is 13.4. The van der Waals surface area contributed by atoms with E-state index in [0.29, 0.717) is 35.7 Å². The van der Waals surface area contributed by atoms with Gasteiger partial charge in [-0.05, 0) is 43.2 Å². The number of anilines is 1. The van der Waals surface area contributed by atoms with E-state index < -0.39 is 33.4 Å². The monoisotopic (exact) mass is 484 g/mol. The van der Waals surface area contributed by atoms with Gasteiger partial charge in [0.05, 0.1) is 36.6 Å². The van der Waals surface area contributed by atoms with Gasteiger partial charge in [0.25, 0.3) is 11.8 Å². The van der Waals surface area contributed by atoms with Crippen LogP contribution in [0.3, 0.4) is 0 Å². The molecule has 1 aliphatic rings. The molecular weight excluding hydrogens is 456 g/mol. The number of nitrogens with zero attached hydrogens (tertiary/aromatic N) is 1. The molecule has 1 heterocycles. The van der Waals surface area contributed by atoms with Gasteiger partial charge in [0.15, 0.2) is 11.5 Å². The predicted octanol–water partition coefficient (Wildman–Crippen LogP) is 3.21. The summed E-state index contributed by atoms with van der Waals surface area (Å²) in [6, 6.07) is 6.83. The summed E-state index contributed by atoms with van der Waals surface area (Å²) in [5.74, 6) is 5.06. The molecule has 1 atom stereocenters. The van der Waals surface area contributed by atoms with Crippen LogP contribution in [0.5, 0.6) is 11.5 Å². The first-order chi connectivity index (χ1) is 16.1. The van der Waals surface area contributed by atoms with Gasteiger partial charge < -0.3 is 15.2 Å². The molecule has 3 rings (SSSR count). The van der Waals surface area contributed by atoms with E-state index in [2.05, 4.69) is 11.8 Å². The molecule has 0 spiro atoms. The van der Waals surface area contributed by atoms with Crippen LogP contribution in [-0.4, -0.2) is 50.9 Å². The molecule has 2 aromatic rings. The van der Waals surface area contributed by atoms with Crippen molar-refractivity contribution in [2.75, 3.05) is 31.5 Å². The molecule has 0 saturated carbocycles. The minimum atomic E-state index is -3.59. The Labute approximate surface area is 200 Å². The Morgan fingerprint density at radius 3 is 2.44 bits per heavy atom. The highest BCUT2D eigenvalue weighted by molar-refractivity contribution is 7.90. The fourth-order valence-electron chi connectivity index (χ4n) is 3.83. The first-order valence-corrected chi connectivity index (χ1v) is 13.0. The fraction of sp³-hybridized carbons (Fsp3) is 0.360. The largest absolute Gasteiger partial charge is 0.493 e. The van der Waals surface area contributed by atoms with E-state index in [-0.39, 0.29) is 16.8 Å². The molecule has 34 heavy (non-hydrogen) atoms. The van der Waals surface area contributed by atoms with Crippen molar-refractivity contribution in [3.63, 3.8) is 0 Å². The lowest BCUT2D eigenvalue weighted by Crippen LogP contribution is -2.37. The molecule has 0 aliphatic carbocycles. The van der Waals surface area contributed by atoms with Crippen molar-refractivity contribution in [1.29, 1.82) is 0 Å². The van der Waals surface area contributed by atoms with Gasteiger partial charge in [0.2, 0.25) is 0 Å². The molecular formula is C25H28N2O6S. The van der Waals surface area contributed by atoms with Crippen molar-refractivity contribution in [3.05, 3.63) is 52.6 Å². The minimum absolute atomic E-state index is 0.0584. The number of nitrogen functional groups attached to an aromatic ring is 1. The summed E-state index contributed by atoms with van der Waals surface area (Å²) in [4.78, 5) is 27.8. The highest BCUT2D eigenvalue weighted by Crippen LogP contribution is 2.38. The van der Waals surface area contributed by atoms with Gasteiger partial charge in [0, 0.05) is 23.9 Å². The van der Waals surface area contributed by atoms with Gasteiger partial charge in [0.1, 0.15) is 9.84 Å². The average Bonchev–Trinajstić information content (AvgIpc) is 3.02. The lowest BCUT2D eigenvalue weighted by Gasteiger charge is -2.26. The van der Waals surface area contributed by atoms with Gasteiger partial charge in [-0.15, -0.1) is 0 Å². The summed E-state index contributed by atoms with van der Waals surface area (Å²) >= 11 is 0. The third kappa shape index (κ3) is 5.18. The normalized spacial score (nSPS) is 13.8. The van der Waals surface area contributed by atoms with Gasteiger partial charge in [-0.3, -0.25) is 14.5 Å². The zero-order chi connectivity index (χ0) is 25.0. The van der Waals surface area contributed by atoms with E-state index in [1.54, 1.807) is 31.2 Å². The number of amides is 2. The highest BCUT2D eigenvalue weighted by Gasteiger charge is 2.43. The summed E-state index contributed by atoms with van der Waals surface area (Å²) < 4.78 is 35.5. The number of rotatable bonds is 8. The molecule has 2 N–H and O–H groups in total. The predicted molar refractivity (Wildman–Crippen MR) is 130 cm³/mol. The summed E-state index contributed by atoms with van der Waals surface area (Å²) in [7, 11) is -2.10. The molecule has 0 aromatic heterocycles. The minimum Gasteiger partial charge on any atom is -0.493 e. The molecule has 8 nitrogen and oxygen atoms in total. The number of fused-ring (bicyclic) bond motifs is 1. The van der Waals surface area contributed by atoms with Crippen LogP contribution in [0, 0.1) is 11.8 Å². The van der Waals surface area contributed by atoms with E-state index in [9.17, 15) is 18.0 Å². The second-order valence-corrected chi connectivity index (χ2v) is 10.2. The molecule has 2 amide bonds. The van der Waals surface area contributed by atoms with Crippen LogP contribution < -0.4 is 15.2 Å². The summed E-state index contributed by atoms with van der Waals surface area (Å²) in [6.07, 6.45) is 2.63. The van der Waals surface area contributed by atoms with E-state index in [1.807, 2.05) is 6.92 Å². The first-order valence-electron chi connectivity index (χ1n) is 10.9. The number of benzene rings is 2. The van der Waals surface area contributed by atoms with E-state index in [0.717, 1.165) is 17.6 Å². The first kappa shape index (κ1) is 25.1. The lowest BCUT2D eigenvalue weighted by molar-refractivity contribution is 0.0598. The molecule has 0 saturated heterocycles. The van der Waals surface area contributed by atoms with Crippen LogP contribution in [0.2, 0.25) is 0 Å². The number of nitrogens with two attached hydrogens (primary N) is 1. The number of hydrogen-bond donors (Lipinski definition) is 1. The van der Waals surface area contributed by atoms with Crippen molar-refractivity contribution >= 4 is 27.3 Å². The van der Waals surface area contributed by atoms with Crippen LogP contribution in [0.25, 0.3) is 0 Å². The zero-order valence-electron chi connectivity index (χ0n) is 19.7. The van der Waals surface area contributed by atoms with Gasteiger partial charge >= 0.3 is 0 Å². The summed E-state index contributed by atoms with van der Waals surface area (Å²) in [5.41, 5.74) is 7.38. The van der Waals surface area contributed by atoms with E-state index in [1.165, 1.54) is 13.2 Å². The second kappa shape index (κ2) is 10.2. The third-order valence-electron chi connectivity index (χ3n) is 5.30. The van der Waals surface area contributed by atoms with E-state index >= 15 is 0 Å². The molecule has 0 unspecified atom stereocenters. The molecule has 0 radical (unpaired) electrons. The molecule has 0 bridgehead atoms. The van der Waals surface area contributed by atoms with Gasteiger partial charge in [-0.25, -0.2) is 8.42 Å². The topological polar surface area (TPSA) is 116 Å². The Bertz CT molecular complexity index is 1290. The summed E-state index contributed by atoms with van der Waals surface area (Å²) in [6.45, 7) is 4.15. The Balaban J connectivity index is 2.11. The number of carbonyl (C=O) groups excluding carboxylic acids is 2. The smallest absolute Gasteiger partial charge is 0.264 e. The zero-order valence-corrected chi connectivity index (χ0v) is 20.5. The SMILES string of the molecule is CCCC#Cc1cc(N)c2c(c1)C(=O)N([C@H](CS(C)(=O)=O)c1ccc(OC)c(OCC)c1)C2=O. The number of unbranched alkanes of at least 4 members (excludes halogenated alkanes) is 1. The molecule has 9 heteroatoms. The third-order valence-corrected chi connectivity index (χ3v) is 6.22. The number of imide groups is 1. The standard InChI is InChI=1S/C25H28N2O6S/c1-5-7-8-9-16-12-18-23(19(26)13-16)25(29)27(24(18)28)20(15-34(4,30)31)17-10-11-21(32-3)22(14-17)33-6-2/h10-14,20H,5-7,15,26H2,1-4H3/t20-/m1/s1. The van der Waals surface area contributed by atoms with Gasteiger partial charge in [-0.2, -0.15) is 0 Å².